The Balaban J connectivity index is 1.87. The molecule has 2 saturated heterocycles. The third kappa shape index (κ3) is 3.91. The molecule has 2 aliphatic heterocycles. The Labute approximate surface area is 119 Å². The largest absolute Gasteiger partial charge is 0.343 e. The fourth-order valence-electron chi connectivity index (χ4n) is 2.90. The molecule has 20 heavy (non-hydrogen) atoms. The van der Waals surface area contributed by atoms with Gasteiger partial charge in [-0.25, -0.2) is 4.39 Å². The van der Waals surface area contributed by atoms with E-state index < -0.39 is 12.7 Å². The highest BCUT2D eigenvalue weighted by molar-refractivity contribution is 5.89. The van der Waals surface area contributed by atoms with Crippen molar-refractivity contribution in [3.8, 4) is 0 Å². The zero-order valence-corrected chi connectivity index (χ0v) is 11.9. The SMILES string of the molecule is O=C(CC1NCCN(CCF)C1=O)N1CCCCCC1. The summed E-state index contributed by atoms with van der Waals surface area (Å²) >= 11 is 0. The first-order valence-electron chi connectivity index (χ1n) is 7.58. The Hall–Kier alpha value is -1.17. The number of carbonyl (C=O) groups is 2. The molecule has 0 saturated carbocycles. The van der Waals surface area contributed by atoms with Crippen molar-refractivity contribution in [1.82, 2.24) is 15.1 Å². The van der Waals surface area contributed by atoms with Gasteiger partial charge in [-0.05, 0) is 12.8 Å². The summed E-state index contributed by atoms with van der Waals surface area (Å²) in [5.41, 5.74) is 0. The smallest absolute Gasteiger partial charge is 0.240 e. The van der Waals surface area contributed by atoms with Crippen molar-refractivity contribution in [3.63, 3.8) is 0 Å². The second-order valence-corrected chi connectivity index (χ2v) is 5.52. The molecule has 0 aromatic carbocycles. The van der Waals surface area contributed by atoms with Crippen LogP contribution in [-0.4, -0.2) is 67.1 Å². The number of carbonyl (C=O) groups excluding carboxylic acids is 2. The number of piperazine rings is 1. The van der Waals surface area contributed by atoms with E-state index in [1.165, 1.54) is 17.7 Å². The molecular formula is C14H24FN3O2. The molecule has 2 rings (SSSR count). The Morgan fingerprint density at radius 3 is 2.55 bits per heavy atom. The molecule has 0 aromatic rings. The number of hydrogen-bond donors (Lipinski definition) is 1. The van der Waals surface area contributed by atoms with Crippen LogP contribution >= 0.6 is 0 Å². The van der Waals surface area contributed by atoms with Gasteiger partial charge < -0.3 is 15.1 Å². The third-order valence-corrected chi connectivity index (χ3v) is 4.07. The molecule has 114 valence electrons. The van der Waals surface area contributed by atoms with Crippen LogP contribution in [0.3, 0.4) is 0 Å². The number of alkyl halides is 1. The highest BCUT2D eigenvalue weighted by Gasteiger charge is 2.31. The van der Waals surface area contributed by atoms with Crippen LogP contribution in [0.2, 0.25) is 0 Å². The molecular weight excluding hydrogens is 261 g/mol. The molecule has 5 nitrogen and oxygen atoms in total. The molecule has 1 atom stereocenters. The quantitative estimate of drug-likeness (QED) is 0.820. The van der Waals surface area contributed by atoms with Crippen LogP contribution in [0.4, 0.5) is 4.39 Å². The van der Waals surface area contributed by atoms with Gasteiger partial charge in [-0.15, -0.1) is 0 Å². The lowest BCUT2D eigenvalue weighted by Gasteiger charge is -2.33. The predicted molar refractivity (Wildman–Crippen MR) is 74.0 cm³/mol. The zero-order chi connectivity index (χ0) is 14.4. The van der Waals surface area contributed by atoms with Gasteiger partial charge >= 0.3 is 0 Å². The molecule has 1 N–H and O–H groups in total. The van der Waals surface area contributed by atoms with E-state index in [0.29, 0.717) is 13.1 Å². The summed E-state index contributed by atoms with van der Waals surface area (Å²) in [6.07, 6.45) is 4.64. The second-order valence-electron chi connectivity index (χ2n) is 5.52. The number of likely N-dealkylation sites (tertiary alicyclic amines) is 1. The number of rotatable bonds is 4. The third-order valence-electron chi connectivity index (χ3n) is 4.07. The summed E-state index contributed by atoms with van der Waals surface area (Å²) in [4.78, 5) is 27.8. The molecule has 2 amide bonds. The molecule has 0 aromatic heterocycles. The van der Waals surface area contributed by atoms with Gasteiger partial charge in [0.25, 0.3) is 0 Å². The second kappa shape index (κ2) is 7.57. The van der Waals surface area contributed by atoms with Gasteiger partial charge in [0, 0.05) is 32.7 Å². The Bertz CT molecular complexity index is 341. The van der Waals surface area contributed by atoms with Gasteiger partial charge in [0.05, 0.1) is 12.5 Å². The normalized spacial score (nSPS) is 24.6. The first-order chi connectivity index (χ1) is 9.72. The molecule has 0 aliphatic carbocycles. The average Bonchev–Trinajstić information content (AvgIpc) is 2.72. The van der Waals surface area contributed by atoms with Gasteiger partial charge in [-0.1, -0.05) is 12.8 Å². The molecule has 0 bridgehead atoms. The maximum absolute atomic E-state index is 12.4. The van der Waals surface area contributed by atoms with E-state index in [-0.39, 0.29) is 24.8 Å². The minimum atomic E-state index is -0.529. The Morgan fingerprint density at radius 1 is 1.20 bits per heavy atom. The lowest BCUT2D eigenvalue weighted by atomic mass is 10.1. The van der Waals surface area contributed by atoms with Gasteiger partial charge in [-0.2, -0.15) is 0 Å². The van der Waals surface area contributed by atoms with E-state index in [0.717, 1.165) is 25.9 Å². The maximum atomic E-state index is 12.4. The van der Waals surface area contributed by atoms with Gasteiger partial charge in [0.2, 0.25) is 11.8 Å². The van der Waals surface area contributed by atoms with Crippen molar-refractivity contribution in [2.75, 3.05) is 39.4 Å². The van der Waals surface area contributed by atoms with Crippen LogP contribution in [0, 0.1) is 0 Å². The predicted octanol–water partition coefficient (Wildman–Crippen LogP) is 0.549. The molecule has 0 spiro atoms. The Kier molecular flexibility index (Phi) is 5.76. The highest BCUT2D eigenvalue weighted by Crippen LogP contribution is 2.13. The molecule has 1 unspecified atom stereocenters. The molecule has 2 heterocycles. The van der Waals surface area contributed by atoms with Crippen LogP contribution in [0.5, 0.6) is 0 Å². The van der Waals surface area contributed by atoms with Crippen molar-refractivity contribution < 1.29 is 14.0 Å². The Morgan fingerprint density at radius 2 is 1.90 bits per heavy atom. The minimum absolute atomic E-state index is 0.0415. The van der Waals surface area contributed by atoms with Crippen molar-refractivity contribution in [2.45, 2.75) is 38.1 Å². The van der Waals surface area contributed by atoms with Crippen molar-refractivity contribution >= 4 is 11.8 Å². The fraction of sp³-hybridized carbons (Fsp3) is 0.857. The van der Waals surface area contributed by atoms with Gasteiger partial charge in [0.15, 0.2) is 0 Å². The monoisotopic (exact) mass is 285 g/mol. The van der Waals surface area contributed by atoms with Crippen molar-refractivity contribution in [2.24, 2.45) is 0 Å². The highest BCUT2D eigenvalue weighted by atomic mass is 19.1. The number of halogens is 1. The molecule has 2 fully saturated rings. The van der Waals surface area contributed by atoms with Crippen LogP contribution in [0.15, 0.2) is 0 Å². The average molecular weight is 285 g/mol. The zero-order valence-electron chi connectivity index (χ0n) is 11.9. The number of nitrogens with zero attached hydrogens (tertiary/aromatic N) is 2. The fourth-order valence-corrected chi connectivity index (χ4v) is 2.90. The van der Waals surface area contributed by atoms with Crippen LogP contribution in [0.1, 0.15) is 32.1 Å². The summed E-state index contributed by atoms with van der Waals surface area (Å²) in [5, 5.41) is 3.08. The maximum Gasteiger partial charge on any atom is 0.240 e. The first-order valence-corrected chi connectivity index (χ1v) is 7.58. The number of hydrogen-bond acceptors (Lipinski definition) is 3. The van der Waals surface area contributed by atoms with Crippen molar-refractivity contribution in [3.05, 3.63) is 0 Å². The lowest BCUT2D eigenvalue weighted by molar-refractivity contribution is -0.141. The summed E-state index contributed by atoms with van der Waals surface area (Å²) in [6.45, 7) is 2.36. The molecule has 6 heteroatoms. The molecule has 0 radical (unpaired) electrons. The summed E-state index contributed by atoms with van der Waals surface area (Å²) in [7, 11) is 0. The van der Waals surface area contributed by atoms with E-state index in [4.69, 9.17) is 0 Å². The van der Waals surface area contributed by atoms with Crippen molar-refractivity contribution in [1.29, 1.82) is 0 Å². The van der Waals surface area contributed by atoms with E-state index in [1.807, 2.05) is 4.90 Å². The summed E-state index contributed by atoms with van der Waals surface area (Å²) in [5.74, 6) is -0.100. The van der Waals surface area contributed by atoms with E-state index in [9.17, 15) is 14.0 Å². The standard InChI is InChI=1S/C14H24FN3O2/c15-5-9-18-10-6-16-12(14(18)20)11-13(19)17-7-3-1-2-4-8-17/h12,16H,1-11H2. The van der Waals surface area contributed by atoms with E-state index in [2.05, 4.69) is 5.32 Å². The topological polar surface area (TPSA) is 52.7 Å². The van der Waals surface area contributed by atoms with E-state index in [1.54, 1.807) is 0 Å². The number of amides is 2. The summed E-state index contributed by atoms with van der Waals surface area (Å²) < 4.78 is 12.4. The van der Waals surface area contributed by atoms with Crippen LogP contribution in [0.25, 0.3) is 0 Å². The van der Waals surface area contributed by atoms with Crippen LogP contribution in [-0.2, 0) is 9.59 Å². The van der Waals surface area contributed by atoms with Crippen LogP contribution < -0.4 is 5.32 Å². The van der Waals surface area contributed by atoms with Gasteiger partial charge in [-0.3, -0.25) is 9.59 Å². The van der Waals surface area contributed by atoms with Gasteiger partial charge in [0.1, 0.15) is 6.67 Å². The molecule has 2 aliphatic rings. The first kappa shape index (κ1) is 15.2. The lowest BCUT2D eigenvalue weighted by Crippen LogP contribution is -2.56. The summed E-state index contributed by atoms with van der Waals surface area (Å²) in [6, 6.07) is -0.481. The number of nitrogens with one attached hydrogen (secondary N) is 1. The van der Waals surface area contributed by atoms with E-state index >= 15 is 0 Å². The minimum Gasteiger partial charge on any atom is -0.343 e.